The van der Waals surface area contributed by atoms with Gasteiger partial charge in [-0.1, -0.05) is 61.9 Å². The molecule has 0 bridgehead atoms. The van der Waals surface area contributed by atoms with Crippen molar-refractivity contribution in [2.24, 2.45) is 0 Å². The average molecular weight is 542 g/mol. The first-order chi connectivity index (χ1) is 18.6. The van der Waals surface area contributed by atoms with Gasteiger partial charge in [0, 0.05) is 51.2 Å². The van der Waals surface area contributed by atoms with Gasteiger partial charge in [0.2, 0.25) is 0 Å². The maximum atomic E-state index is 13.1. The highest BCUT2D eigenvalue weighted by molar-refractivity contribution is 5.64. The molecular weight excluding hydrogens is 507 g/mol. The van der Waals surface area contributed by atoms with E-state index in [1.807, 2.05) is 24.5 Å². The van der Waals surface area contributed by atoms with E-state index in [0.717, 1.165) is 63.6 Å². The summed E-state index contributed by atoms with van der Waals surface area (Å²) in [6.07, 6.45) is 1.54. The molecule has 2 heterocycles. The molecule has 1 N–H and O–H groups in total. The van der Waals surface area contributed by atoms with Crippen molar-refractivity contribution < 1.29 is 27.9 Å². The van der Waals surface area contributed by atoms with Crippen molar-refractivity contribution in [3.8, 4) is 11.1 Å². The minimum atomic E-state index is -4.73. The van der Waals surface area contributed by atoms with E-state index in [4.69, 9.17) is 9.59 Å². The number of benzene rings is 2. The summed E-state index contributed by atoms with van der Waals surface area (Å²) in [5.74, 6) is 0. The average Bonchev–Trinajstić information content (AvgIpc) is 2.91. The molecule has 3 aromatic rings. The molecule has 4 rings (SSSR count). The second-order valence-corrected chi connectivity index (χ2v) is 9.93. The Balaban J connectivity index is 0.00000134. The van der Waals surface area contributed by atoms with Gasteiger partial charge in [0.15, 0.2) is 5.60 Å². The van der Waals surface area contributed by atoms with Crippen molar-refractivity contribution >= 4 is 6.15 Å². The van der Waals surface area contributed by atoms with Crippen LogP contribution in [0.5, 0.6) is 0 Å². The van der Waals surface area contributed by atoms with Crippen LogP contribution < -0.4 is 0 Å². The number of hydrogen-bond acceptors (Lipinski definition) is 6. The Hall–Kier alpha value is -3.36. The molecule has 6 nitrogen and oxygen atoms in total. The van der Waals surface area contributed by atoms with Gasteiger partial charge in [0.05, 0.1) is 0 Å². The van der Waals surface area contributed by atoms with E-state index in [9.17, 15) is 18.3 Å². The standard InChI is InChI=1S/C29H34F3N3O.CO2/c1-3-4-27-21-34(17-18-35(27)20-23-13-15-33-16-14-23)19-22-5-7-24(8-6-22)25-9-11-26(12-10-25)28(2,36)29(30,31)32;2-1-3/h5-16,27,36H,3-4,17-21H2,1-2H3;/t27-,28?;/m0./s1. The molecule has 0 saturated carbocycles. The van der Waals surface area contributed by atoms with Gasteiger partial charge in [-0.05, 0) is 53.3 Å². The summed E-state index contributed by atoms with van der Waals surface area (Å²) in [5.41, 5.74) is 1.23. The molecule has 39 heavy (non-hydrogen) atoms. The van der Waals surface area contributed by atoms with Crippen molar-refractivity contribution in [1.29, 1.82) is 0 Å². The number of aliphatic hydroxyl groups is 1. The lowest BCUT2D eigenvalue weighted by molar-refractivity contribution is -0.258. The topological polar surface area (TPSA) is 73.7 Å². The third kappa shape index (κ3) is 8.07. The van der Waals surface area contributed by atoms with Crippen molar-refractivity contribution in [3.63, 3.8) is 0 Å². The number of nitrogens with zero attached hydrogens (tertiary/aromatic N) is 3. The Bertz CT molecular complexity index is 1190. The lowest BCUT2D eigenvalue weighted by Crippen LogP contribution is -2.52. The van der Waals surface area contributed by atoms with Gasteiger partial charge in [-0.25, -0.2) is 0 Å². The lowest BCUT2D eigenvalue weighted by atomic mass is 9.93. The molecular formula is C30H34F3N3O3. The number of halogens is 3. The van der Waals surface area contributed by atoms with Crippen LogP contribution in [0.2, 0.25) is 0 Å². The zero-order chi connectivity index (χ0) is 28.5. The van der Waals surface area contributed by atoms with Crippen LogP contribution in [-0.2, 0) is 28.3 Å². The summed E-state index contributed by atoms with van der Waals surface area (Å²) in [4.78, 5) is 25.5. The fourth-order valence-electron chi connectivity index (χ4n) is 4.85. The first kappa shape index (κ1) is 30.2. The highest BCUT2D eigenvalue weighted by Crippen LogP contribution is 2.39. The van der Waals surface area contributed by atoms with Crippen molar-refractivity contribution in [2.45, 2.75) is 57.6 Å². The summed E-state index contributed by atoms with van der Waals surface area (Å²) in [5, 5.41) is 9.88. The Morgan fingerprint density at radius 1 is 0.897 bits per heavy atom. The van der Waals surface area contributed by atoms with E-state index >= 15 is 0 Å². The molecule has 0 amide bonds. The van der Waals surface area contributed by atoms with Gasteiger partial charge in [-0.2, -0.15) is 22.8 Å². The van der Waals surface area contributed by atoms with E-state index in [1.165, 1.54) is 23.3 Å². The number of rotatable bonds is 8. The second-order valence-electron chi connectivity index (χ2n) is 9.93. The predicted octanol–water partition coefficient (Wildman–Crippen LogP) is 5.42. The predicted molar refractivity (Wildman–Crippen MR) is 141 cm³/mol. The highest BCUT2D eigenvalue weighted by atomic mass is 19.4. The van der Waals surface area contributed by atoms with Crippen LogP contribution in [0.4, 0.5) is 13.2 Å². The van der Waals surface area contributed by atoms with Crippen molar-refractivity contribution in [3.05, 3.63) is 89.7 Å². The maximum Gasteiger partial charge on any atom is 0.421 e. The summed E-state index contributed by atoms with van der Waals surface area (Å²) < 4.78 is 39.3. The van der Waals surface area contributed by atoms with Crippen LogP contribution in [0.1, 0.15) is 43.4 Å². The third-order valence-corrected chi connectivity index (χ3v) is 7.14. The fourth-order valence-corrected chi connectivity index (χ4v) is 4.85. The normalized spacial score (nSPS) is 17.9. The molecule has 1 aliphatic rings. The fraction of sp³-hybridized carbons (Fsp3) is 0.400. The monoisotopic (exact) mass is 541 g/mol. The van der Waals surface area contributed by atoms with Crippen molar-refractivity contribution in [2.75, 3.05) is 19.6 Å². The molecule has 2 atom stereocenters. The molecule has 0 radical (unpaired) electrons. The Labute approximate surface area is 227 Å². The summed E-state index contributed by atoms with van der Waals surface area (Å²) in [7, 11) is 0. The molecule has 0 spiro atoms. The smallest absolute Gasteiger partial charge is 0.376 e. The Kier molecular flexibility index (Phi) is 10.5. The number of pyridine rings is 1. The van der Waals surface area contributed by atoms with Crippen LogP contribution >= 0.6 is 0 Å². The Morgan fingerprint density at radius 2 is 1.44 bits per heavy atom. The van der Waals surface area contributed by atoms with Gasteiger partial charge in [-0.15, -0.1) is 0 Å². The SMILES string of the molecule is CCC[C@H]1CN(Cc2ccc(-c3ccc(C(C)(O)C(F)(F)F)cc3)cc2)CCN1Cc1ccncc1.O=C=O. The van der Waals surface area contributed by atoms with E-state index in [-0.39, 0.29) is 11.7 Å². The molecule has 1 fully saturated rings. The van der Waals surface area contributed by atoms with Gasteiger partial charge in [0.25, 0.3) is 0 Å². The van der Waals surface area contributed by atoms with Crippen LogP contribution in [-0.4, -0.2) is 57.9 Å². The largest absolute Gasteiger partial charge is 0.421 e. The van der Waals surface area contributed by atoms with Crippen LogP contribution in [0, 0.1) is 0 Å². The van der Waals surface area contributed by atoms with E-state index in [1.54, 1.807) is 12.1 Å². The second kappa shape index (κ2) is 13.6. The number of piperazine rings is 1. The summed E-state index contributed by atoms with van der Waals surface area (Å²) in [6, 6.07) is 18.8. The molecule has 0 aliphatic carbocycles. The molecule has 1 saturated heterocycles. The third-order valence-electron chi connectivity index (χ3n) is 7.14. The Morgan fingerprint density at radius 3 is 1.97 bits per heavy atom. The van der Waals surface area contributed by atoms with Gasteiger partial charge >= 0.3 is 12.3 Å². The highest BCUT2D eigenvalue weighted by Gasteiger charge is 2.51. The summed E-state index contributed by atoms with van der Waals surface area (Å²) >= 11 is 0. The summed E-state index contributed by atoms with van der Waals surface area (Å²) in [6.45, 7) is 7.90. The number of hydrogen-bond donors (Lipinski definition) is 1. The van der Waals surface area contributed by atoms with Crippen molar-refractivity contribution in [1.82, 2.24) is 14.8 Å². The van der Waals surface area contributed by atoms with E-state index < -0.39 is 11.8 Å². The molecule has 208 valence electrons. The molecule has 1 aliphatic heterocycles. The number of aromatic nitrogens is 1. The van der Waals surface area contributed by atoms with Gasteiger partial charge < -0.3 is 5.11 Å². The lowest BCUT2D eigenvalue weighted by Gasteiger charge is -2.41. The minimum absolute atomic E-state index is 0.167. The van der Waals surface area contributed by atoms with Gasteiger partial charge in [-0.3, -0.25) is 14.8 Å². The van der Waals surface area contributed by atoms with Crippen LogP contribution in [0.15, 0.2) is 73.1 Å². The molecule has 2 aromatic carbocycles. The van der Waals surface area contributed by atoms with Crippen LogP contribution in [0.3, 0.4) is 0 Å². The quantitative estimate of drug-likeness (QED) is 0.411. The first-order valence-corrected chi connectivity index (χ1v) is 12.9. The first-order valence-electron chi connectivity index (χ1n) is 12.9. The van der Waals surface area contributed by atoms with E-state index in [0.29, 0.717) is 6.04 Å². The number of alkyl halides is 3. The minimum Gasteiger partial charge on any atom is -0.376 e. The maximum absolute atomic E-state index is 13.1. The van der Waals surface area contributed by atoms with Crippen LogP contribution in [0.25, 0.3) is 11.1 Å². The van der Waals surface area contributed by atoms with Gasteiger partial charge in [0.1, 0.15) is 0 Å². The molecule has 1 unspecified atom stereocenters. The van der Waals surface area contributed by atoms with E-state index in [2.05, 4.69) is 46.0 Å². The number of carbonyl (C=O) groups excluding carboxylic acids is 2. The molecule has 9 heteroatoms. The molecule has 1 aromatic heterocycles. The zero-order valence-corrected chi connectivity index (χ0v) is 22.2. The zero-order valence-electron chi connectivity index (χ0n) is 22.2.